The molecule has 0 aromatic rings. The normalized spacial score (nSPS) is 13.1. The predicted molar refractivity (Wildman–Crippen MR) is 352 cm³/mol. The number of carbonyl (C=O) groups is 3. The maximum atomic E-state index is 12.9. The molecule has 1 atom stereocenters. The number of hydrogen-bond acceptors (Lipinski definition) is 6. The van der Waals surface area contributed by atoms with Gasteiger partial charge in [0.05, 0.1) is 0 Å². The van der Waals surface area contributed by atoms with E-state index in [1.807, 2.05) is 0 Å². The zero-order chi connectivity index (χ0) is 58.5. The van der Waals surface area contributed by atoms with Crippen molar-refractivity contribution in [1.82, 2.24) is 0 Å². The van der Waals surface area contributed by atoms with Crippen LogP contribution in [-0.4, -0.2) is 37.2 Å². The fourth-order valence-corrected chi connectivity index (χ4v) is 8.93. The second kappa shape index (κ2) is 67.8. The second-order valence-electron chi connectivity index (χ2n) is 21.6. The standard InChI is InChI=1S/C75H122O6/c1-4-7-10-13-16-19-22-25-28-31-32-33-34-35-36-37-38-39-40-41-42-45-47-50-53-56-59-62-65-68-74(77)80-71-72(81-75(78)69-66-63-60-57-54-51-48-44-30-27-24-21-18-15-12-9-6-3)70-79-73(76)67-64-61-58-55-52-49-46-43-29-26-23-20-17-14-11-8-5-2/h7,9-10,12,16,18-19,21,25,27-28,30,32-33,35-36,38-39,41-42,48,51,57,60,72H,4-6,8,11,13-15,17,20,22-24,26,29,31,34,37,40,43-47,49-50,52-56,58-59,61-71H2,1-3H3/b10-7-,12-9-,19-16-,21-18-,28-25-,30-27-,33-32-,36-35-,39-38-,42-41-,51-48-,60-57-. The average molecular weight is 1120 g/mol. The van der Waals surface area contributed by atoms with Crippen molar-refractivity contribution in [2.75, 3.05) is 13.2 Å². The Morgan fingerprint density at radius 2 is 0.494 bits per heavy atom. The zero-order valence-electron chi connectivity index (χ0n) is 52.5. The van der Waals surface area contributed by atoms with Gasteiger partial charge in [0.25, 0.3) is 0 Å². The van der Waals surface area contributed by atoms with Gasteiger partial charge < -0.3 is 14.2 Å². The van der Waals surface area contributed by atoms with E-state index in [2.05, 4.69) is 167 Å². The van der Waals surface area contributed by atoms with E-state index in [1.54, 1.807) is 0 Å². The maximum absolute atomic E-state index is 12.9. The number of ether oxygens (including phenoxy) is 3. The molecule has 0 aliphatic heterocycles. The van der Waals surface area contributed by atoms with E-state index >= 15 is 0 Å². The monoisotopic (exact) mass is 1120 g/mol. The van der Waals surface area contributed by atoms with Crippen molar-refractivity contribution < 1.29 is 28.6 Å². The van der Waals surface area contributed by atoms with Gasteiger partial charge in [-0.3, -0.25) is 14.4 Å². The highest BCUT2D eigenvalue weighted by molar-refractivity contribution is 5.71. The summed E-state index contributed by atoms with van der Waals surface area (Å²) in [6.45, 7) is 6.37. The summed E-state index contributed by atoms with van der Waals surface area (Å²) < 4.78 is 16.9. The fraction of sp³-hybridized carbons (Fsp3) is 0.640. The third-order valence-corrected chi connectivity index (χ3v) is 13.8. The zero-order valence-corrected chi connectivity index (χ0v) is 52.5. The smallest absolute Gasteiger partial charge is 0.306 e. The molecule has 0 saturated heterocycles. The van der Waals surface area contributed by atoms with Gasteiger partial charge in [0.15, 0.2) is 6.10 Å². The molecule has 0 fully saturated rings. The van der Waals surface area contributed by atoms with E-state index in [1.165, 1.54) is 116 Å². The Hall–Kier alpha value is -4.71. The molecule has 1 unspecified atom stereocenters. The third kappa shape index (κ3) is 66.0. The molecule has 0 amide bonds. The van der Waals surface area contributed by atoms with Crippen molar-refractivity contribution in [3.63, 3.8) is 0 Å². The first-order valence-electron chi connectivity index (χ1n) is 33.3. The van der Waals surface area contributed by atoms with Crippen molar-refractivity contribution in [2.24, 2.45) is 0 Å². The largest absolute Gasteiger partial charge is 0.462 e. The molecule has 0 aliphatic carbocycles. The Kier molecular flexibility index (Phi) is 63.9. The van der Waals surface area contributed by atoms with Crippen LogP contribution in [0.5, 0.6) is 0 Å². The SMILES string of the molecule is CC/C=C\C/C=C\C/C=C\C/C=C\C/C=C\C/C=C\C/C=C\CCCCCCCCCC(=O)OCC(COC(=O)CCCCCCCCCCCCCCCCCCC)OC(=O)CCC/C=C\C/C=C\C/C=C\C/C=C\C/C=C\CC. The Labute approximate surface area is 499 Å². The van der Waals surface area contributed by atoms with Gasteiger partial charge in [0.2, 0.25) is 0 Å². The summed E-state index contributed by atoms with van der Waals surface area (Å²) in [6, 6.07) is 0. The highest BCUT2D eigenvalue weighted by Crippen LogP contribution is 2.16. The molecule has 0 N–H and O–H groups in total. The van der Waals surface area contributed by atoms with Crippen LogP contribution in [-0.2, 0) is 28.6 Å². The molecule has 6 heteroatoms. The number of carbonyl (C=O) groups excluding carboxylic acids is 3. The first-order chi connectivity index (χ1) is 40.0. The number of esters is 3. The van der Waals surface area contributed by atoms with E-state index < -0.39 is 6.10 Å². The topological polar surface area (TPSA) is 78.9 Å². The number of unbranched alkanes of at least 4 members (excludes halogenated alkanes) is 24. The molecule has 0 aliphatic rings. The van der Waals surface area contributed by atoms with Crippen LogP contribution in [0.1, 0.15) is 290 Å². The molecular formula is C75H122O6. The second-order valence-corrected chi connectivity index (χ2v) is 21.6. The highest BCUT2D eigenvalue weighted by atomic mass is 16.6. The van der Waals surface area contributed by atoms with E-state index in [4.69, 9.17) is 14.2 Å². The summed E-state index contributed by atoms with van der Waals surface area (Å²) >= 11 is 0. The maximum Gasteiger partial charge on any atom is 0.306 e. The third-order valence-electron chi connectivity index (χ3n) is 13.8. The molecule has 0 radical (unpaired) electrons. The average Bonchev–Trinajstić information content (AvgIpc) is 3.47. The van der Waals surface area contributed by atoms with Crippen molar-refractivity contribution in [1.29, 1.82) is 0 Å². The number of hydrogen-bond donors (Lipinski definition) is 0. The molecular weight excluding hydrogens is 997 g/mol. The summed E-state index contributed by atoms with van der Waals surface area (Å²) in [4.78, 5) is 38.4. The van der Waals surface area contributed by atoms with Gasteiger partial charge in [-0.15, -0.1) is 0 Å². The molecule has 0 heterocycles. The lowest BCUT2D eigenvalue weighted by atomic mass is 10.0. The van der Waals surface area contributed by atoms with E-state index in [0.717, 1.165) is 128 Å². The molecule has 81 heavy (non-hydrogen) atoms. The van der Waals surface area contributed by atoms with Gasteiger partial charge in [-0.2, -0.15) is 0 Å². The van der Waals surface area contributed by atoms with Crippen LogP contribution >= 0.6 is 0 Å². The summed E-state index contributed by atoms with van der Waals surface area (Å²) in [7, 11) is 0. The van der Waals surface area contributed by atoms with Crippen LogP contribution in [0.2, 0.25) is 0 Å². The molecule has 0 aromatic carbocycles. The minimum absolute atomic E-state index is 0.106. The van der Waals surface area contributed by atoms with Gasteiger partial charge in [0, 0.05) is 19.3 Å². The number of rotatable bonds is 59. The van der Waals surface area contributed by atoms with Crippen LogP contribution in [0.4, 0.5) is 0 Å². The lowest BCUT2D eigenvalue weighted by Gasteiger charge is -2.18. The van der Waals surface area contributed by atoms with Crippen molar-refractivity contribution >= 4 is 17.9 Å². The van der Waals surface area contributed by atoms with Gasteiger partial charge in [0.1, 0.15) is 13.2 Å². The minimum atomic E-state index is -0.818. The van der Waals surface area contributed by atoms with Crippen LogP contribution < -0.4 is 0 Å². The lowest BCUT2D eigenvalue weighted by Crippen LogP contribution is -2.30. The molecule has 0 aromatic heterocycles. The summed E-state index contributed by atoms with van der Waals surface area (Å²) in [5.41, 5.74) is 0. The van der Waals surface area contributed by atoms with Gasteiger partial charge in [-0.05, 0) is 116 Å². The van der Waals surface area contributed by atoms with Crippen LogP contribution in [0.3, 0.4) is 0 Å². The first-order valence-corrected chi connectivity index (χ1v) is 33.3. The fourth-order valence-electron chi connectivity index (χ4n) is 8.93. The van der Waals surface area contributed by atoms with E-state index in [0.29, 0.717) is 19.3 Å². The van der Waals surface area contributed by atoms with Crippen LogP contribution in [0, 0.1) is 0 Å². The van der Waals surface area contributed by atoms with Crippen LogP contribution in [0.25, 0.3) is 0 Å². The summed E-state index contributed by atoms with van der Waals surface area (Å²) in [6.07, 6.45) is 97.2. The Morgan fingerprint density at radius 3 is 0.790 bits per heavy atom. The Bertz CT molecular complexity index is 1760. The Balaban J connectivity index is 4.43. The molecule has 0 saturated carbocycles. The molecule has 0 rings (SSSR count). The summed E-state index contributed by atoms with van der Waals surface area (Å²) in [5, 5.41) is 0. The molecule has 6 nitrogen and oxygen atoms in total. The first kappa shape index (κ1) is 76.3. The predicted octanol–water partition coefficient (Wildman–Crippen LogP) is 23.1. The van der Waals surface area contributed by atoms with Crippen LogP contribution in [0.15, 0.2) is 146 Å². The van der Waals surface area contributed by atoms with Gasteiger partial charge in [-0.1, -0.05) is 301 Å². The summed E-state index contributed by atoms with van der Waals surface area (Å²) in [5.74, 6) is -0.973. The lowest BCUT2D eigenvalue weighted by molar-refractivity contribution is -0.167. The van der Waals surface area contributed by atoms with E-state index in [9.17, 15) is 14.4 Å². The molecule has 0 spiro atoms. The minimum Gasteiger partial charge on any atom is -0.462 e. The Morgan fingerprint density at radius 1 is 0.259 bits per heavy atom. The molecule has 0 bridgehead atoms. The van der Waals surface area contributed by atoms with Gasteiger partial charge >= 0.3 is 17.9 Å². The van der Waals surface area contributed by atoms with Crippen molar-refractivity contribution in [3.05, 3.63) is 146 Å². The van der Waals surface area contributed by atoms with Gasteiger partial charge in [-0.25, -0.2) is 0 Å². The quantitative estimate of drug-likeness (QED) is 0.0261. The van der Waals surface area contributed by atoms with Crippen molar-refractivity contribution in [2.45, 2.75) is 297 Å². The van der Waals surface area contributed by atoms with E-state index in [-0.39, 0.29) is 37.5 Å². The highest BCUT2D eigenvalue weighted by Gasteiger charge is 2.19. The number of allylic oxidation sites excluding steroid dienone is 24. The van der Waals surface area contributed by atoms with Crippen molar-refractivity contribution in [3.8, 4) is 0 Å². The molecule has 458 valence electrons.